The Morgan fingerprint density at radius 2 is 1.92 bits per heavy atom. The summed E-state index contributed by atoms with van der Waals surface area (Å²) >= 11 is 7.54. The van der Waals surface area contributed by atoms with Crippen LogP contribution in [0.3, 0.4) is 0 Å². The first-order chi connectivity index (χ1) is 11.5. The molecule has 124 valence electrons. The summed E-state index contributed by atoms with van der Waals surface area (Å²) < 4.78 is 0.783. The molecular weight excluding hydrogens is 340 g/mol. The summed E-state index contributed by atoms with van der Waals surface area (Å²) in [5.41, 5.74) is 0.858. The minimum atomic E-state index is -0.162. The molecule has 0 spiro atoms. The van der Waals surface area contributed by atoms with Crippen molar-refractivity contribution in [2.75, 3.05) is 12.4 Å². The highest BCUT2D eigenvalue weighted by atomic mass is 35.5. The zero-order valence-corrected chi connectivity index (χ0v) is 15.2. The third-order valence-electron chi connectivity index (χ3n) is 4.26. The number of anilines is 1. The van der Waals surface area contributed by atoms with Gasteiger partial charge in [0.1, 0.15) is 6.54 Å². The van der Waals surface area contributed by atoms with E-state index in [1.54, 1.807) is 11.3 Å². The van der Waals surface area contributed by atoms with E-state index in [1.165, 1.54) is 4.88 Å². The Balaban J connectivity index is 1.71. The maximum Gasteiger partial charge on any atom is 0.282 e. The van der Waals surface area contributed by atoms with Crippen molar-refractivity contribution >= 4 is 45.3 Å². The second kappa shape index (κ2) is 7.34. The Morgan fingerprint density at radius 3 is 2.67 bits per heavy atom. The lowest BCUT2D eigenvalue weighted by Gasteiger charge is -2.21. The molecular formula is C19H20ClN2OS+. The lowest BCUT2D eigenvalue weighted by Crippen LogP contribution is -3.12. The van der Waals surface area contributed by atoms with Gasteiger partial charge in [-0.25, -0.2) is 0 Å². The zero-order chi connectivity index (χ0) is 17.1. The lowest BCUT2D eigenvalue weighted by atomic mass is 10.1. The van der Waals surface area contributed by atoms with Gasteiger partial charge in [-0.05, 0) is 30.5 Å². The van der Waals surface area contributed by atoms with Gasteiger partial charge in [-0.3, -0.25) is 4.79 Å². The van der Waals surface area contributed by atoms with Crippen LogP contribution in [0.1, 0.15) is 11.8 Å². The van der Waals surface area contributed by atoms with Crippen LogP contribution in [0.15, 0.2) is 54.6 Å². The first-order valence-electron chi connectivity index (χ1n) is 7.90. The van der Waals surface area contributed by atoms with Crippen LogP contribution < -0.4 is 10.2 Å². The number of hydrogen-bond donors (Lipinski definition) is 2. The van der Waals surface area contributed by atoms with Crippen LogP contribution in [-0.2, 0) is 11.3 Å². The average Bonchev–Trinajstić information content (AvgIpc) is 2.99. The van der Waals surface area contributed by atoms with E-state index < -0.39 is 0 Å². The number of fused-ring (bicyclic) bond motifs is 1. The smallest absolute Gasteiger partial charge is 0.282 e. The number of carbonyl (C=O) groups excluding carboxylic acids is 1. The number of thiophene rings is 1. The molecule has 0 bridgehead atoms. The maximum atomic E-state index is 12.6. The number of amides is 1. The van der Waals surface area contributed by atoms with Crippen molar-refractivity contribution in [3.8, 4) is 0 Å². The Labute approximate surface area is 150 Å². The van der Waals surface area contributed by atoms with Crippen LogP contribution in [0.4, 0.5) is 5.69 Å². The van der Waals surface area contributed by atoms with Crippen LogP contribution in [0, 0.1) is 0 Å². The van der Waals surface area contributed by atoms with E-state index >= 15 is 0 Å². The summed E-state index contributed by atoms with van der Waals surface area (Å²) in [6.45, 7) is 2.73. The molecule has 5 heteroatoms. The van der Waals surface area contributed by atoms with Gasteiger partial charge in [0.15, 0.2) is 6.04 Å². The zero-order valence-electron chi connectivity index (χ0n) is 13.7. The summed E-state index contributed by atoms with van der Waals surface area (Å²) in [7, 11) is 2.03. The molecule has 24 heavy (non-hydrogen) atoms. The Hall–Kier alpha value is -1.88. The van der Waals surface area contributed by atoms with E-state index in [0.29, 0.717) is 0 Å². The minimum absolute atomic E-state index is 0.0199. The molecule has 0 aliphatic heterocycles. The highest BCUT2D eigenvalue weighted by molar-refractivity contribution is 7.16. The third-order valence-corrected chi connectivity index (χ3v) is 5.49. The molecule has 0 fully saturated rings. The normalized spacial score (nSPS) is 13.6. The van der Waals surface area contributed by atoms with Crippen molar-refractivity contribution in [2.45, 2.75) is 19.5 Å². The Bertz CT molecular complexity index is 856. The van der Waals surface area contributed by atoms with E-state index in [1.807, 2.05) is 68.6 Å². The van der Waals surface area contributed by atoms with Gasteiger partial charge >= 0.3 is 0 Å². The fraction of sp³-hybridized carbons (Fsp3) is 0.211. The molecule has 3 rings (SSSR count). The van der Waals surface area contributed by atoms with E-state index in [-0.39, 0.29) is 11.9 Å². The highest BCUT2D eigenvalue weighted by Crippen LogP contribution is 2.23. The molecule has 3 nitrogen and oxygen atoms in total. The van der Waals surface area contributed by atoms with Crippen LogP contribution in [-0.4, -0.2) is 19.0 Å². The molecule has 2 aromatic carbocycles. The molecule has 0 radical (unpaired) electrons. The van der Waals surface area contributed by atoms with Crippen LogP contribution in [0.5, 0.6) is 0 Å². The van der Waals surface area contributed by atoms with Crippen molar-refractivity contribution < 1.29 is 9.69 Å². The summed E-state index contributed by atoms with van der Waals surface area (Å²) in [5, 5.41) is 5.25. The quantitative estimate of drug-likeness (QED) is 0.717. The monoisotopic (exact) mass is 359 g/mol. The van der Waals surface area contributed by atoms with Crippen LogP contribution >= 0.6 is 22.9 Å². The second-order valence-electron chi connectivity index (χ2n) is 5.97. The van der Waals surface area contributed by atoms with Gasteiger partial charge in [0.05, 0.1) is 16.3 Å². The van der Waals surface area contributed by atoms with Crippen molar-refractivity contribution in [3.05, 3.63) is 63.8 Å². The predicted octanol–water partition coefficient (Wildman–Crippen LogP) is 3.60. The Morgan fingerprint density at radius 1 is 1.17 bits per heavy atom. The van der Waals surface area contributed by atoms with Gasteiger partial charge in [0.25, 0.3) is 5.91 Å². The summed E-state index contributed by atoms with van der Waals surface area (Å²) in [6, 6.07) is 17.8. The van der Waals surface area contributed by atoms with E-state index in [4.69, 9.17) is 11.6 Å². The Kier molecular flexibility index (Phi) is 5.19. The van der Waals surface area contributed by atoms with Crippen molar-refractivity contribution in [1.29, 1.82) is 0 Å². The number of carbonyl (C=O) groups is 1. The standard InChI is InChI=1S/C19H19ClN2OS/c1-13(22(2)12-15-10-11-18(20)24-15)19(23)21-17-9-5-7-14-6-3-4-8-16(14)17/h3-11,13H,12H2,1-2H3,(H,21,23)/p+1/t13-/m1/s1. The number of rotatable bonds is 5. The first kappa shape index (κ1) is 17.0. The molecule has 1 unspecified atom stereocenters. The fourth-order valence-corrected chi connectivity index (χ4v) is 3.86. The molecule has 3 aromatic rings. The average molecular weight is 360 g/mol. The third kappa shape index (κ3) is 3.78. The van der Waals surface area contributed by atoms with Gasteiger partial charge in [-0.1, -0.05) is 48.0 Å². The number of quaternary nitrogens is 1. The molecule has 0 aliphatic rings. The largest absolute Gasteiger partial charge is 0.323 e. The topological polar surface area (TPSA) is 33.5 Å². The van der Waals surface area contributed by atoms with E-state index in [2.05, 4.69) is 5.32 Å². The second-order valence-corrected chi connectivity index (χ2v) is 7.77. The molecule has 1 amide bonds. The molecule has 2 N–H and O–H groups in total. The predicted molar refractivity (Wildman–Crippen MR) is 102 cm³/mol. The van der Waals surface area contributed by atoms with Gasteiger partial charge in [0.2, 0.25) is 0 Å². The highest BCUT2D eigenvalue weighted by Gasteiger charge is 2.23. The van der Waals surface area contributed by atoms with E-state index in [0.717, 1.165) is 32.2 Å². The van der Waals surface area contributed by atoms with Crippen molar-refractivity contribution in [1.82, 2.24) is 0 Å². The lowest BCUT2D eigenvalue weighted by molar-refractivity contribution is -0.907. The molecule has 0 saturated heterocycles. The number of likely N-dealkylation sites (N-methyl/N-ethyl adjacent to an activating group) is 1. The van der Waals surface area contributed by atoms with Gasteiger partial charge in [0, 0.05) is 11.1 Å². The fourth-order valence-electron chi connectivity index (χ4n) is 2.67. The minimum Gasteiger partial charge on any atom is -0.323 e. The number of hydrogen-bond acceptors (Lipinski definition) is 2. The summed E-state index contributed by atoms with van der Waals surface area (Å²) in [5.74, 6) is 0.0199. The van der Waals surface area contributed by atoms with Gasteiger partial charge < -0.3 is 10.2 Å². The number of benzene rings is 2. The SMILES string of the molecule is C[C@H](C(=O)Nc1cccc2ccccc12)[NH+](C)Cc1ccc(Cl)s1. The molecule has 1 heterocycles. The maximum absolute atomic E-state index is 12.6. The van der Waals surface area contributed by atoms with Crippen LogP contribution in [0.25, 0.3) is 10.8 Å². The molecule has 0 aliphatic carbocycles. The number of halogens is 1. The first-order valence-corrected chi connectivity index (χ1v) is 9.09. The molecule has 0 saturated carbocycles. The molecule has 2 atom stereocenters. The van der Waals surface area contributed by atoms with Crippen molar-refractivity contribution in [3.63, 3.8) is 0 Å². The van der Waals surface area contributed by atoms with Gasteiger partial charge in [-0.15, -0.1) is 11.3 Å². The van der Waals surface area contributed by atoms with Gasteiger partial charge in [-0.2, -0.15) is 0 Å². The molecule has 1 aromatic heterocycles. The summed E-state index contributed by atoms with van der Waals surface area (Å²) in [6.07, 6.45) is 0. The van der Waals surface area contributed by atoms with Crippen LogP contribution in [0.2, 0.25) is 4.34 Å². The van der Waals surface area contributed by atoms with Crippen molar-refractivity contribution in [2.24, 2.45) is 0 Å². The number of nitrogens with one attached hydrogen (secondary N) is 2. The summed E-state index contributed by atoms with van der Waals surface area (Å²) in [4.78, 5) is 15.0. The van der Waals surface area contributed by atoms with E-state index in [9.17, 15) is 4.79 Å².